The van der Waals surface area contributed by atoms with Crippen LogP contribution in [0.15, 0.2) is 72.9 Å². The van der Waals surface area contributed by atoms with E-state index in [2.05, 4.69) is 66.8 Å². The number of methoxy groups -OCH3 is 1. The first-order valence-corrected chi connectivity index (χ1v) is 19.4. The van der Waals surface area contributed by atoms with Crippen molar-refractivity contribution >= 4 is 46.5 Å². The molecule has 0 aliphatic carbocycles. The molecule has 3 aromatic carbocycles. The molecule has 13 nitrogen and oxygen atoms in total. The summed E-state index contributed by atoms with van der Waals surface area (Å²) in [4.78, 5) is 59.0. The summed E-state index contributed by atoms with van der Waals surface area (Å²) in [6.07, 6.45) is 4.85. The molecule has 4 amide bonds. The molecule has 2 N–H and O–H groups in total. The molecule has 55 heavy (non-hydrogen) atoms. The fourth-order valence-electron chi connectivity index (χ4n) is 8.13. The largest absolute Gasteiger partial charge is 0.497 e. The third-order valence-corrected chi connectivity index (χ3v) is 11.4. The first-order valence-electron chi connectivity index (χ1n) is 19.4. The van der Waals surface area contributed by atoms with Gasteiger partial charge in [0.15, 0.2) is 0 Å². The molecule has 8 rings (SSSR count). The molecule has 3 fully saturated rings. The minimum absolute atomic E-state index is 0.0409. The van der Waals surface area contributed by atoms with Crippen molar-refractivity contribution in [1.82, 2.24) is 25.1 Å². The van der Waals surface area contributed by atoms with Gasteiger partial charge in [-0.05, 0) is 104 Å². The molecule has 1 aromatic heterocycles. The molecule has 3 saturated heterocycles. The highest BCUT2D eigenvalue weighted by Gasteiger charge is 2.34. The van der Waals surface area contributed by atoms with Crippen molar-refractivity contribution in [2.75, 3.05) is 79.5 Å². The summed E-state index contributed by atoms with van der Waals surface area (Å²) in [5.41, 5.74) is 8.11. The number of fused-ring (bicyclic) bond motifs is 1. The van der Waals surface area contributed by atoms with E-state index in [0.717, 1.165) is 104 Å². The number of anilines is 5. The van der Waals surface area contributed by atoms with Gasteiger partial charge in [-0.1, -0.05) is 12.1 Å². The lowest BCUT2D eigenvalue weighted by atomic mass is 9.94. The number of piperidine rings is 1. The smallest absolute Gasteiger partial charge is 0.331 e. The number of imide groups is 1. The zero-order valence-corrected chi connectivity index (χ0v) is 31.7. The number of urea groups is 1. The number of carbonyl (C=O) groups excluding carboxylic acids is 3. The predicted molar refractivity (Wildman–Crippen MR) is 213 cm³/mol. The fourth-order valence-corrected chi connectivity index (χ4v) is 8.13. The molecule has 4 aliphatic rings. The second-order valence-electron chi connectivity index (χ2n) is 14.8. The summed E-state index contributed by atoms with van der Waals surface area (Å²) < 4.78 is 5.24. The Balaban J connectivity index is 0.809. The Kier molecular flexibility index (Phi) is 10.5. The Bertz CT molecular complexity index is 2020. The van der Waals surface area contributed by atoms with Gasteiger partial charge in [0.25, 0.3) is 0 Å². The van der Waals surface area contributed by atoms with Gasteiger partial charge in [0.1, 0.15) is 5.75 Å². The number of benzene rings is 3. The SMILES string of the molecule is COc1ccc(CN2C(=O)CCN(c3ccc(N4CCN(C(=O)C5CCN(c6ccc(Nc7ncc8c(n7)CNCC8)cc6)CC5)CC4)cc3C)C2=O)cc1. The third kappa shape index (κ3) is 7.93. The number of nitrogens with zero attached hydrogens (tertiary/aromatic N) is 7. The van der Waals surface area contributed by atoms with Crippen molar-refractivity contribution in [1.29, 1.82) is 0 Å². The Morgan fingerprint density at radius 2 is 1.60 bits per heavy atom. The molecule has 0 saturated carbocycles. The monoisotopic (exact) mass is 743 g/mol. The van der Waals surface area contributed by atoms with Crippen molar-refractivity contribution in [3.05, 3.63) is 95.3 Å². The van der Waals surface area contributed by atoms with E-state index < -0.39 is 0 Å². The molecule has 0 radical (unpaired) electrons. The number of hydrogen-bond donors (Lipinski definition) is 2. The van der Waals surface area contributed by atoms with E-state index in [-0.39, 0.29) is 36.7 Å². The van der Waals surface area contributed by atoms with Gasteiger partial charge in [-0.25, -0.2) is 14.8 Å². The van der Waals surface area contributed by atoms with Crippen LogP contribution in [0.4, 0.5) is 33.5 Å². The number of aromatic nitrogens is 2. The predicted octanol–water partition coefficient (Wildman–Crippen LogP) is 5.11. The topological polar surface area (TPSA) is 126 Å². The van der Waals surface area contributed by atoms with Crippen molar-refractivity contribution in [3.63, 3.8) is 0 Å². The summed E-state index contributed by atoms with van der Waals surface area (Å²) >= 11 is 0. The summed E-state index contributed by atoms with van der Waals surface area (Å²) in [5, 5.41) is 6.70. The van der Waals surface area contributed by atoms with Gasteiger partial charge in [-0.3, -0.25) is 19.4 Å². The lowest BCUT2D eigenvalue weighted by molar-refractivity contribution is -0.136. The molecule has 13 heteroatoms. The zero-order valence-electron chi connectivity index (χ0n) is 31.7. The molecule has 0 bridgehead atoms. The number of hydrogen-bond acceptors (Lipinski definition) is 10. The Hall–Kier alpha value is -5.69. The Labute approximate surface area is 322 Å². The Morgan fingerprint density at radius 3 is 2.33 bits per heavy atom. The molecule has 0 atom stereocenters. The first kappa shape index (κ1) is 36.3. The van der Waals surface area contributed by atoms with Crippen LogP contribution < -0.4 is 30.1 Å². The quantitative estimate of drug-likeness (QED) is 0.239. The van der Waals surface area contributed by atoms with Crippen LogP contribution in [0.25, 0.3) is 0 Å². The highest BCUT2D eigenvalue weighted by molar-refractivity contribution is 6.06. The highest BCUT2D eigenvalue weighted by Crippen LogP contribution is 2.31. The van der Waals surface area contributed by atoms with E-state index in [0.29, 0.717) is 25.6 Å². The van der Waals surface area contributed by atoms with Crippen LogP contribution in [-0.2, 0) is 29.1 Å². The van der Waals surface area contributed by atoms with E-state index in [4.69, 9.17) is 4.74 Å². The highest BCUT2D eigenvalue weighted by atomic mass is 16.5. The number of piperazine rings is 1. The average Bonchev–Trinajstić information content (AvgIpc) is 3.23. The van der Waals surface area contributed by atoms with Crippen molar-refractivity contribution in [3.8, 4) is 5.75 Å². The van der Waals surface area contributed by atoms with Crippen LogP contribution in [0.1, 0.15) is 41.6 Å². The molecule has 5 heterocycles. The second-order valence-corrected chi connectivity index (χ2v) is 14.8. The van der Waals surface area contributed by atoms with Gasteiger partial charge < -0.3 is 30.1 Å². The van der Waals surface area contributed by atoms with E-state index in [1.54, 1.807) is 12.0 Å². The van der Waals surface area contributed by atoms with Crippen molar-refractivity contribution < 1.29 is 19.1 Å². The van der Waals surface area contributed by atoms with Crippen molar-refractivity contribution in [2.45, 2.75) is 45.7 Å². The summed E-state index contributed by atoms with van der Waals surface area (Å²) in [6.45, 7) is 8.90. The van der Waals surface area contributed by atoms with Gasteiger partial charge >= 0.3 is 6.03 Å². The standard InChI is InChI=1S/C42H49N9O4/c1-29-25-35(9-12-38(29)50-20-16-39(52)51(42(50)54)28-30-3-10-36(55-2)11-4-30)48-21-23-49(24-22-48)40(53)31-14-18-47(19-15-31)34-7-5-33(6-8-34)45-41-44-26-32-13-17-43-27-37(32)46-41/h3-12,25-26,31,43H,13-24,27-28H2,1-2H3,(H,44,45,46). The number of ether oxygens (including phenoxy) is 1. The molecule has 0 unspecified atom stereocenters. The number of aryl methyl sites for hydroxylation is 1. The maximum absolute atomic E-state index is 13.6. The van der Waals surface area contributed by atoms with Crippen LogP contribution in [0, 0.1) is 12.8 Å². The van der Waals surface area contributed by atoms with Crippen LogP contribution in [0.5, 0.6) is 5.75 Å². The van der Waals surface area contributed by atoms with Gasteiger partial charge in [0.05, 0.1) is 19.3 Å². The van der Waals surface area contributed by atoms with E-state index >= 15 is 0 Å². The average molecular weight is 744 g/mol. The van der Waals surface area contributed by atoms with E-state index in [1.807, 2.05) is 48.4 Å². The number of nitrogens with one attached hydrogen (secondary N) is 2. The maximum Gasteiger partial charge on any atom is 0.331 e. The zero-order chi connectivity index (χ0) is 37.9. The van der Waals surface area contributed by atoms with Gasteiger partial charge in [0, 0.05) is 93.6 Å². The minimum atomic E-state index is -0.304. The number of rotatable bonds is 9. The molecule has 286 valence electrons. The fraction of sp³-hybridized carbons (Fsp3) is 0.405. The first-order chi connectivity index (χ1) is 26.8. The molecule has 4 aromatic rings. The van der Waals surface area contributed by atoms with Crippen LogP contribution in [-0.4, -0.2) is 97.1 Å². The number of amides is 4. The summed E-state index contributed by atoms with van der Waals surface area (Å²) in [6, 6.07) is 21.6. The molecule has 4 aliphatic heterocycles. The second kappa shape index (κ2) is 16.0. The van der Waals surface area contributed by atoms with E-state index in [9.17, 15) is 14.4 Å². The van der Waals surface area contributed by atoms with Gasteiger partial charge in [-0.2, -0.15) is 0 Å². The van der Waals surface area contributed by atoms with Crippen LogP contribution in [0.3, 0.4) is 0 Å². The van der Waals surface area contributed by atoms with Gasteiger partial charge in [-0.15, -0.1) is 0 Å². The van der Waals surface area contributed by atoms with Crippen LogP contribution >= 0.6 is 0 Å². The normalized spacial score (nSPS) is 18.0. The number of carbonyl (C=O) groups is 3. The maximum atomic E-state index is 13.6. The van der Waals surface area contributed by atoms with E-state index in [1.165, 1.54) is 10.5 Å². The minimum Gasteiger partial charge on any atom is -0.497 e. The lowest BCUT2D eigenvalue weighted by Crippen LogP contribution is -2.52. The lowest BCUT2D eigenvalue weighted by Gasteiger charge is -2.40. The third-order valence-electron chi connectivity index (χ3n) is 11.4. The molecule has 0 spiro atoms. The Morgan fingerprint density at radius 1 is 0.873 bits per heavy atom. The van der Waals surface area contributed by atoms with Gasteiger partial charge in [0.2, 0.25) is 17.8 Å². The molecular weight excluding hydrogens is 695 g/mol. The molecular formula is C42H49N9O4. The summed E-state index contributed by atoms with van der Waals surface area (Å²) in [5.74, 6) is 1.48. The van der Waals surface area contributed by atoms with Crippen LogP contribution in [0.2, 0.25) is 0 Å². The van der Waals surface area contributed by atoms with Crippen molar-refractivity contribution in [2.24, 2.45) is 5.92 Å². The summed E-state index contributed by atoms with van der Waals surface area (Å²) in [7, 11) is 1.61.